The van der Waals surface area contributed by atoms with E-state index in [2.05, 4.69) is 25.6 Å². The molecule has 3 aromatic rings. The minimum atomic E-state index is 0.686. The highest BCUT2D eigenvalue weighted by molar-refractivity contribution is 7.20. The summed E-state index contributed by atoms with van der Waals surface area (Å²) in [6.45, 7) is 0. The molecular formula is C17H12N6OS. The Morgan fingerprint density at radius 2 is 1.88 bits per heavy atom. The lowest BCUT2D eigenvalue weighted by Crippen LogP contribution is -2.00. The number of hydrogen-bond acceptors (Lipinski definition) is 7. The maximum Gasteiger partial charge on any atom is 0.236 e. The molecule has 0 atom stereocenters. The van der Waals surface area contributed by atoms with Crippen LogP contribution in [0.15, 0.2) is 48.5 Å². The van der Waals surface area contributed by atoms with Crippen molar-refractivity contribution >= 4 is 38.0 Å². The molecule has 3 heterocycles. The molecule has 122 valence electrons. The number of aromatic nitrogens is 5. The quantitative estimate of drug-likeness (QED) is 0.537. The third-order valence-corrected chi connectivity index (χ3v) is 4.75. The average Bonchev–Trinajstić information content (AvgIpc) is 3.22. The minimum Gasteiger partial charge on any atom is -0.497 e. The van der Waals surface area contributed by atoms with Crippen LogP contribution >= 0.6 is 11.3 Å². The summed E-state index contributed by atoms with van der Waals surface area (Å²) in [6, 6.07) is 15.6. The molecule has 5 rings (SSSR count). The van der Waals surface area contributed by atoms with E-state index in [0.29, 0.717) is 10.8 Å². The molecule has 2 aliphatic heterocycles. The molecule has 0 aliphatic carbocycles. The third kappa shape index (κ3) is 2.26. The van der Waals surface area contributed by atoms with Gasteiger partial charge in [-0.25, -0.2) is 4.98 Å². The second kappa shape index (κ2) is 5.38. The minimum absolute atomic E-state index is 0.686. The van der Waals surface area contributed by atoms with Crippen molar-refractivity contribution in [3.63, 3.8) is 0 Å². The van der Waals surface area contributed by atoms with Crippen molar-refractivity contribution in [2.45, 2.75) is 0 Å². The Kier molecular flexibility index (Phi) is 3.04. The van der Waals surface area contributed by atoms with Gasteiger partial charge in [-0.1, -0.05) is 29.5 Å². The number of rotatable bonds is 3. The molecule has 2 aliphatic rings. The van der Waals surface area contributed by atoms with Gasteiger partial charge in [0.2, 0.25) is 10.1 Å². The molecule has 25 heavy (non-hydrogen) atoms. The SMILES string of the molecule is COc1ccc(Nc2nn3c4nc5ccccc5c-4nnc3s2)cc1. The molecule has 0 bridgehead atoms. The highest BCUT2D eigenvalue weighted by Crippen LogP contribution is 2.31. The summed E-state index contributed by atoms with van der Waals surface area (Å²) < 4.78 is 6.91. The van der Waals surface area contributed by atoms with Crippen molar-refractivity contribution in [2.24, 2.45) is 0 Å². The monoisotopic (exact) mass is 348 g/mol. The lowest BCUT2D eigenvalue weighted by atomic mass is 10.2. The van der Waals surface area contributed by atoms with Crippen molar-refractivity contribution in [3.8, 4) is 17.3 Å². The first kappa shape index (κ1) is 14.1. The Morgan fingerprint density at radius 3 is 2.72 bits per heavy atom. The van der Waals surface area contributed by atoms with E-state index in [-0.39, 0.29) is 0 Å². The van der Waals surface area contributed by atoms with Crippen molar-refractivity contribution < 1.29 is 4.74 Å². The number of nitrogens with one attached hydrogen (secondary N) is 1. The highest BCUT2D eigenvalue weighted by Gasteiger charge is 2.19. The maximum atomic E-state index is 5.17. The molecule has 0 spiro atoms. The van der Waals surface area contributed by atoms with Crippen molar-refractivity contribution in [1.82, 2.24) is 24.8 Å². The zero-order valence-corrected chi connectivity index (χ0v) is 14.0. The Bertz CT molecular complexity index is 1160. The van der Waals surface area contributed by atoms with Gasteiger partial charge >= 0.3 is 0 Å². The number of anilines is 2. The summed E-state index contributed by atoms with van der Waals surface area (Å²) in [5.41, 5.74) is 2.57. The van der Waals surface area contributed by atoms with E-state index in [1.807, 2.05) is 48.5 Å². The first-order valence-electron chi connectivity index (χ1n) is 7.63. The van der Waals surface area contributed by atoms with Crippen molar-refractivity contribution in [2.75, 3.05) is 12.4 Å². The predicted octanol–water partition coefficient (Wildman–Crippen LogP) is 3.59. The molecule has 0 amide bonds. The zero-order valence-electron chi connectivity index (χ0n) is 13.2. The van der Waals surface area contributed by atoms with Crippen LogP contribution in [-0.4, -0.2) is 31.9 Å². The molecule has 7 nitrogen and oxygen atoms in total. The normalized spacial score (nSPS) is 11.4. The number of para-hydroxylation sites is 1. The molecule has 0 fully saturated rings. The molecule has 2 aromatic carbocycles. The van der Waals surface area contributed by atoms with Crippen LogP contribution in [0.5, 0.6) is 5.75 Å². The van der Waals surface area contributed by atoms with Gasteiger partial charge in [-0.05, 0) is 30.3 Å². The van der Waals surface area contributed by atoms with E-state index in [4.69, 9.17) is 4.74 Å². The van der Waals surface area contributed by atoms with Crippen LogP contribution in [0.4, 0.5) is 10.8 Å². The average molecular weight is 348 g/mol. The smallest absolute Gasteiger partial charge is 0.236 e. The van der Waals surface area contributed by atoms with Gasteiger partial charge in [0.05, 0.1) is 12.6 Å². The standard InChI is InChI=1S/C17H12N6OS/c1-24-11-8-6-10(7-9-11)18-16-22-23-15-14(20-21-17(23)25-16)12-4-2-3-5-13(12)19-15/h2-9H,1H3,(H,18,22). The van der Waals surface area contributed by atoms with Gasteiger partial charge in [-0.2, -0.15) is 4.52 Å². The zero-order chi connectivity index (χ0) is 16.8. The summed E-state index contributed by atoms with van der Waals surface area (Å²) in [6.07, 6.45) is 0. The molecule has 1 N–H and O–H groups in total. The fourth-order valence-electron chi connectivity index (χ4n) is 2.73. The molecule has 0 radical (unpaired) electrons. The van der Waals surface area contributed by atoms with Crippen LogP contribution in [0.1, 0.15) is 0 Å². The Labute approximate surface area is 146 Å². The van der Waals surface area contributed by atoms with Crippen LogP contribution in [0.25, 0.3) is 27.4 Å². The van der Waals surface area contributed by atoms with E-state index in [1.54, 1.807) is 11.6 Å². The molecule has 8 heteroatoms. The maximum absolute atomic E-state index is 5.17. The van der Waals surface area contributed by atoms with E-state index >= 15 is 0 Å². The second-order valence-corrected chi connectivity index (χ2v) is 6.41. The summed E-state index contributed by atoms with van der Waals surface area (Å²) in [4.78, 5) is 5.33. The van der Waals surface area contributed by atoms with E-state index in [0.717, 1.165) is 33.2 Å². The fraction of sp³-hybridized carbons (Fsp3) is 0.0588. The van der Waals surface area contributed by atoms with Gasteiger partial charge in [0, 0.05) is 11.1 Å². The van der Waals surface area contributed by atoms with Gasteiger partial charge in [0.15, 0.2) is 5.82 Å². The van der Waals surface area contributed by atoms with Gasteiger partial charge in [0.1, 0.15) is 11.4 Å². The van der Waals surface area contributed by atoms with E-state index in [9.17, 15) is 0 Å². The first-order valence-corrected chi connectivity index (χ1v) is 8.45. The molecular weight excluding hydrogens is 336 g/mol. The summed E-state index contributed by atoms with van der Waals surface area (Å²) in [5, 5.41) is 18.2. The van der Waals surface area contributed by atoms with Crippen LogP contribution in [0, 0.1) is 0 Å². The molecule has 0 unspecified atom stereocenters. The molecule has 0 saturated heterocycles. The van der Waals surface area contributed by atoms with Crippen LogP contribution in [0.3, 0.4) is 0 Å². The topological polar surface area (TPSA) is 77.2 Å². The predicted molar refractivity (Wildman–Crippen MR) is 96.9 cm³/mol. The van der Waals surface area contributed by atoms with Crippen LogP contribution in [0.2, 0.25) is 0 Å². The van der Waals surface area contributed by atoms with Gasteiger partial charge in [-0.3, -0.25) is 0 Å². The number of hydrogen-bond donors (Lipinski definition) is 1. The van der Waals surface area contributed by atoms with E-state index < -0.39 is 0 Å². The number of ether oxygens (including phenoxy) is 1. The summed E-state index contributed by atoms with van der Waals surface area (Å²) in [7, 11) is 1.65. The van der Waals surface area contributed by atoms with Gasteiger partial charge in [-0.15, -0.1) is 15.3 Å². The number of fused-ring (bicyclic) bond motifs is 5. The van der Waals surface area contributed by atoms with Crippen molar-refractivity contribution in [1.29, 1.82) is 0 Å². The number of methoxy groups -OCH3 is 1. The largest absolute Gasteiger partial charge is 0.497 e. The van der Waals surface area contributed by atoms with Crippen molar-refractivity contribution in [3.05, 3.63) is 48.5 Å². The molecule has 0 saturated carbocycles. The fourth-order valence-corrected chi connectivity index (χ4v) is 3.49. The van der Waals surface area contributed by atoms with Gasteiger partial charge in [0.25, 0.3) is 0 Å². The van der Waals surface area contributed by atoms with E-state index in [1.165, 1.54) is 11.3 Å². The van der Waals surface area contributed by atoms with Gasteiger partial charge < -0.3 is 10.1 Å². The number of benzene rings is 2. The Morgan fingerprint density at radius 1 is 1.04 bits per heavy atom. The van der Waals surface area contributed by atoms with Crippen LogP contribution in [-0.2, 0) is 0 Å². The Hall–Kier alpha value is -3.26. The summed E-state index contributed by atoms with van der Waals surface area (Å²) in [5.74, 6) is 1.52. The summed E-state index contributed by atoms with van der Waals surface area (Å²) >= 11 is 1.42. The first-order chi connectivity index (χ1) is 12.3. The highest BCUT2D eigenvalue weighted by atomic mass is 32.1. The Balaban J connectivity index is 1.58. The molecule has 1 aromatic heterocycles. The number of nitrogens with zero attached hydrogens (tertiary/aromatic N) is 5. The second-order valence-electron chi connectivity index (χ2n) is 5.46. The lowest BCUT2D eigenvalue weighted by Gasteiger charge is -2.03. The van der Waals surface area contributed by atoms with Crippen LogP contribution < -0.4 is 10.1 Å². The lowest BCUT2D eigenvalue weighted by molar-refractivity contribution is 0.415. The third-order valence-electron chi connectivity index (χ3n) is 3.93.